The number of nitrogens with zero attached hydrogens (tertiary/aromatic N) is 4. The van der Waals surface area contributed by atoms with Crippen LogP contribution in [0, 0.1) is 10.4 Å². The van der Waals surface area contributed by atoms with Gasteiger partial charge < -0.3 is 26.9 Å². The van der Waals surface area contributed by atoms with Gasteiger partial charge in [-0.2, -0.15) is 0 Å². The number of hydrogen-bond donors (Lipinski definition) is 2. The van der Waals surface area contributed by atoms with Gasteiger partial charge in [0.15, 0.2) is 0 Å². The molecule has 2 rings (SSSR count). The molecule has 0 spiro atoms. The Morgan fingerprint density at radius 2 is 1.18 bits per heavy atom. The van der Waals surface area contributed by atoms with Gasteiger partial charge >= 0.3 is 17.1 Å². The normalized spacial score (nSPS) is 8.09. The summed E-state index contributed by atoms with van der Waals surface area (Å²) < 4.78 is 0. The molecule has 0 bridgehead atoms. The molecule has 2 aromatic rings. The third-order valence-electron chi connectivity index (χ3n) is 1.78. The summed E-state index contributed by atoms with van der Waals surface area (Å²) in [6.45, 7) is 0. The van der Waals surface area contributed by atoms with E-state index in [0.29, 0.717) is 0 Å². The Morgan fingerprint density at radius 1 is 0.818 bits per heavy atom. The number of carbonyl (C=O) groups is 2. The Hall–Kier alpha value is -2.50. The molecule has 1 radical (unpaired) electrons. The Kier molecular flexibility index (Phi) is 12.1. The first kappa shape index (κ1) is 21.8. The van der Waals surface area contributed by atoms with Gasteiger partial charge in [-0.15, -0.1) is 0 Å². The average molecular weight is 349 g/mol. The van der Waals surface area contributed by atoms with Gasteiger partial charge in [-0.25, -0.2) is 9.97 Å². The topological polar surface area (TPSA) is 187 Å². The van der Waals surface area contributed by atoms with Crippen LogP contribution in [-0.2, 0) is 17.1 Å². The maximum absolute atomic E-state index is 10.5. The minimum Gasteiger partial charge on any atom is -0.759 e. The van der Waals surface area contributed by atoms with E-state index in [4.69, 9.17) is 0 Å². The number of hydrogen-bond acceptors (Lipinski definition) is 8. The fourth-order valence-corrected chi connectivity index (χ4v) is 0.937. The molecule has 0 unspecified atom stereocenters. The first-order valence-corrected chi connectivity index (χ1v) is 5.06. The van der Waals surface area contributed by atoms with Crippen molar-refractivity contribution < 1.29 is 32.1 Å². The Labute approximate surface area is 134 Å². The van der Waals surface area contributed by atoms with Gasteiger partial charge in [-0.1, -0.05) is 0 Å². The van der Waals surface area contributed by atoms with Crippen molar-refractivity contribution in [2.24, 2.45) is 0 Å². The van der Waals surface area contributed by atoms with E-state index in [9.17, 15) is 20.0 Å². The van der Waals surface area contributed by atoms with Crippen LogP contribution < -0.4 is 11.0 Å². The molecule has 12 heteroatoms. The zero-order valence-corrected chi connectivity index (χ0v) is 11.9. The van der Waals surface area contributed by atoms with Crippen LogP contribution in [0.2, 0.25) is 0 Å². The zero-order valence-electron chi connectivity index (χ0n) is 10.8. The number of rotatable bonds is 2. The van der Waals surface area contributed by atoms with Crippen molar-refractivity contribution in [2.75, 3.05) is 0 Å². The SMILES string of the molecule is O.O=C(N[O-])c1cnccn1.O=C(N[O-])c1cnccn1.[Mn+2]. The molecule has 0 aliphatic heterocycles. The van der Waals surface area contributed by atoms with Crippen molar-refractivity contribution in [1.82, 2.24) is 30.9 Å². The van der Waals surface area contributed by atoms with Gasteiger partial charge in [0.2, 0.25) is 0 Å². The molecule has 0 saturated carbocycles. The first-order chi connectivity index (χ1) is 9.69. The smallest absolute Gasteiger partial charge is 0.759 e. The molecule has 22 heavy (non-hydrogen) atoms. The molecular weight excluding hydrogens is 339 g/mol. The van der Waals surface area contributed by atoms with Gasteiger partial charge in [0.1, 0.15) is 11.4 Å². The number of nitrogens with one attached hydrogen (secondary N) is 2. The van der Waals surface area contributed by atoms with E-state index in [2.05, 4.69) is 19.9 Å². The van der Waals surface area contributed by atoms with Crippen LogP contribution in [0.25, 0.3) is 0 Å². The summed E-state index contributed by atoms with van der Waals surface area (Å²) in [6, 6.07) is 0. The maximum Gasteiger partial charge on any atom is 2.00 e. The zero-order chi connectivity index (χ0) is 14.8. The molecule has 0 aromatic carbocycles. The summed E-state index contributed by atoms with van der Waals surface area (Å²) in [5, 5.41) is 19.5. The van der Waals surface area contributed by atoms with Crippen molar-refractivity contribution in [3.05, 3.63) is 59.0 Å². The summed E-state index contributed by atoms with van der Waals surface area (Å²) in [5.41, 5.74) is 2.43. The molecule has 2 aromatic heterocycles. The fraction of sp³-hybridized carbons (Fsp3) is 0. The Balaban J connectivity index is 0. The molecule has 0 fully saturated rings. The van der Waals surface area contributed by atoms with Gasteiger partial charge in [0, 0.05) is 24.8 Å². The van der Waals surface area contributed by atoms with Crippen LogP contribution in [0.5, 0.6) is 0 Å². The minimum absolute atomic E-state index is 0. The van der Waals surface area contributed by atoms with Crippen LogP contribution in [0.15, 0.2) is 37.2 Å². The van der Waals surface area contributed by atoms with Gasteiger partial charge in [0.05, 0.1) is 12.4 Å². The van der Waals surface area contributed by atoms with Gasteiger partial charge in [-0.05, 0) is 0 Å². The summed E-state index contributed by atoms with van der Waals surface area (Å²) in [7, 11) is 0. The van der Waals surface area contributed by atoms with Crippen LogP contribution >= 0.6 is 0 Å². The first-order valence-electron chi connectivity index (χ1n) is 5.06. The molecule has 2 amide bonds. The van der Waals surface area contributed by atoms with E-state index in [1.165, 1.54) is 48.1 Å². The summed E-state index contributed by atoms with van der Waals surface area (Å²) in [6.07, 6.45) is 7.94. The molecule has 117 valence electrons. The summed E-state index contributed by atoms with van der Waals surface area (Å²) >= 11 is 0. The summed E-state index contributed by atoms with van der Waals surface area (Å²) in [5.74, 6) is -1.54. The predicted molar refractivity (Wildman–Crippen MR) is 69.3 cm³/mol. The third kappa shape index (κ3) is 7.33. The number of carbonyl (C=O) groups excluding carboxylic acids is 2. The van der Waals surface area contributed by atoms with Crippen molar-refractivity contribution in [1.29, 1.82) is 0 Å². The average Bonchev–Trinajstić information content (AvgIpc) is 2.55. The predicted octanol–water partition coefficient (Wildman–Crippen LogP) is -1.42. The number of amides is 2. The Morgan fingerprint density at radius 3 is 1.41 bits per heavy atom. The molecule has 2 heterocycles. The second kappa shape index (κ2) is 12.3. The largest absolute Gasteiger partial charge is 2.00 e. The van der Waals surface area contributed by atoms with E-state index in [0.717, 1.165) is 0 Å². The van der Waals surface area contributed by atoms with Crippen LogP contribution in [-0.4, -0.2) is 37.2 Å². The van der Waals surface area contributed by atoms with Crippen molar-refractivity contribution >= 4 is 11.8 Å². The molecule has 4 N–H and O–H groups in total. The van der Waals surface area contributed by atoms with Crippen LogP contribution in [0.1, 0.15) is 21.0 Å². The standard InChI is InChI=1S/2C5H4N3O2.Mn.H2O/c2*9-5(8-10)4-3-6-1-2-7-4;;/h2*1-3H,(H-,6,7,8,9,10);;1H2/q2*-1;+2;. The quantitative estimate of drug-likeness (QED) is 0.488. The van der Waals surface area contributed by atoms with E-state index in [-0.39, 0.29) is 33.9 Å². The van der Waals surface area contributed by atoms with E-state index in [1.807, 2.05) is 0 Å². The second-order valence-electron chi connectivity index (χ2n) is 3.04. The minimum atomic E-state index is -0.770. The fourth-order valence-electron chi connectivity index (χ4n) is 0.937. The van der Waals surface area contributed by atoms with Gasteiger partial charge in [0.25, 0.3) is 11.8 Å². The number of hydroxylamine groups is 2. The second-order valence-corrected chi connectivity index (χ2v) is 3.04. The monoisotopic (exact) mass is 349 g/mol. The molecule has 11 nitrogen and oxygen atoms in total. The maximum atomic E-state index is 10.5. The van der Waals surface area contributed by atoms with Crippen molar-refractivity contribution in [3.63, 3.8) is 0 Å². The van der Waals surface area contributed by atoms with E-state index >= 15 is 0 Å². The number of aromatic nitrogens is 4. The molecule has 0 saturated heterocycles. The Bertz CT molecular complexity index is 507. The third-order valence-corrected chi connectivity index (χ3v) is 1.78. The van der Waals surface area contributed by atoms with Crippen molar-refractivity contribution in [3.8, 4) is 0 Å². The van der Waals surface area contributed by atoms with E-state index in [1.54, 1.807) is 0 Å². The molecule has 0 aliphatic carbocycles. The molecule has 0 aliphatic rings. The molecular formula is C10H10MnN6O5. The van der Waals surface area contributed by atoms with E-state index < -0.39 is 11.8 Å². The van der Waals surface area contributed by atoms with Gasteiger partial charge in [-0.3, -0.25) is 19.6 Å². The van der Waals surface area contributed by atoms with Crippen molar-refractivity contribution in [2.45, 2.75) is 0 Å². The van der Waals surface area contributed by atoms with Crippen LogP contribution in [0.4, 0.5) is 0 Å². The summed E-state index contributed by atoms with van der Waals surface area (Å²) in [4.78, 5) is 35.3. The molecule has 0 atom stereocenters. The van der Waals surface area contributed by atoms with Crippen LogP contribution in [0.3, 0.4) is 0 Å².